The topological polar surface area (TPSA) is 102 Å². The summed E-state index contributed by atoms with van der Waals surface area (Å²) in [6.45, 7) is -0.343. The third kappa shape index (κ3) is 3.98. The first-order valence-electron chi connectivity index (χ1n) is 8.54. The van der Waals surface area contributed by atoms with Gasteiger partial charge in [-0.2, -0.15) is 0 Å². The van der Waals surface area contributed by atoms with Gasteiger partial charge in [0.25, 0.3) is 5.56 Å². The Balaban J connectivity index is 2.14. The van der Waals surface area contributed by atoms with E-state index in [9.17, 15) is 14.7 Å². The summed E-state index contributed by atoms with van der Waals surface area (Å²) in [4.78, 5) is 28.7. The van der Waals surface area contributed by atoms with Crippen molar-refractivity contribution in [3.63, 3.8) is 0 Å². The van der Waals surface area contributed by atoms with Gasteiger partial charge in [0.05, 0.1) is 18.1 Å². The normalized spacial score (nSPS) is 10.9. The molecule has 0 radical (unpaired) electrons. The molecule has 2 aromatic carbocycles. The highest BCUT2D eigenvalue weighted by Gasteiger charge is 2.15. The number of hydrogen-bond acceptors (Lipinski definition) is 5. The van der Waals surface area contributed by atoms with Crippen LogP contribution in [0.5, 0.6) is 5.75 Å². The SMILES string of the molecule is COc1ccc2nc(-c3ccc(CCCO)cc3)c(=O)n(CC(=O)O)c2c1. The number of benzene rings is 2. The lowest BCUT2D eigenvalue weighted by molar-refractivity contribution is -0.137. The molecule has 1 aromatic heterocycles. The monoisotopic (exact) mass is 368 g/mol. The summed E-state index contributed by atoms with van der Waals surface area (Å²) in [6, 6.07) is 12.4. The number of aliphatic hydroxyl groups is 1. The summed E-state index contributed by atoms with van der Waals surface area (Å²) < 4.78 is 6.37. The molecule has 1 heterocycles. The highest BCUT2D eigenvalue weighted by Crippen LogP contribution is 2.22. The Morgan fingerprint density at radius 1 is 1.19 bits per heavy atom. The van der Waals surface area contributed by atoms with Gasteiger partial charge >= 0.3 is 5.97 Å². The minimum atomic E-state index is -1.11. The van der Waals surface area contributed by atoms with Crippen molar-refractivity contribution in [2.24, 2.45) is 0 Å². The molecule has 27 heavy (non-hydrogen) atoms. The number of ether oxygens (including phenoxy) is 1. The van der Waals surface area contributed by atoms with Gasteiger partial charge in [-0.05, 0) is 30.5 Å². The van der Waals surface area contributed by atoms with Crippen molar-refractivity contribution in [1.82, 2.24) is 9.55 Å². The zero-order valence-electron chi connectivity index (χ0n) is 14.9. The Morgan fingerprint density at radius 2 is 1.93 bits per heavy atom. The van der Waals surface area contributed by atoms with Crippen molar-refractivity contribution >= 4 is 17.0 Å². The van der Waals surface area contributed by atoms with Crippen LogP contribution in [-0.2, 0) is 17.8 Å². The van der Waals surface area contributed by atoms with Crippen LogP contribution in [0.3, 0.4) is 0 Å². The zero-order chi connectivity index (χ0) is 19.4. The van der Waals surface area contributed by atoms with E-state index in [0.717, 1.165) is 12.0 Å². The van der Waals surface area contributed by atoms with Gasteiger partial charge in [0, 0.05) is 18.2 Å². The average molecular weight is 368 g/mol. The molecule has 0 atom stereocenters. The molecule has 7 heteroatoms. The van der Waals surface area contributed by atoms with Crippen LogP contribution in [0.4, 0.5) is 0 Å². The minimum Gasteiger partial charge on any atom is -0.497 e. The number of carboxylic acid groups (broad SMARTS) is 1. The van der Waals surface area contributed by atoms with Crippen LogP contribution in [0.15, 0.2) is 47.3 Å². The summed E-state index contributed by atoms with van der Waals surface area (Å²) in [5.41, 5.74) is 2.30. The van der Waals surface area contributed by atoms with Gasteiger partial charge in [-0.3, -0.25) is 14.2 Å². The average Bonchev–Trinajstić information content (AvgIpc) is 2.68. The fraction of sp³-hybridized carbons (Fsp3) is 0.250. The number of aliphatic hydroxyl groups excluding tert-OH is 1. The van der Waals surface area contributed by atoms with Crippen LogP contribution in [0, 0.1) is 0 Å². The molecule has 0 unspecified atom stereocenters. The van der Waals surface area contributed by atoms with E-state index in [2.05, 4.69) is 4.98 Å². The van der Waals surface area contributed by atoms with Gasteiger partial charge in [-0.15, -0.1) is 0 Å². The molecule has 7 nitrogen and oxygen atoms in total. The van der Waals surface area contributed by atoms with Gasteiger partial charge in [0.1, 0.15) is 18.0 Å². The number of hydrogen-bond donors (Lipinski definition) is 2. The highest BCUT2D eigenvalue weighted by molar-refractivity contribution is 5.81. The van der Waals surface area contributed by atoms with E-state index in [4.69, 9.17) is 9.84 Å². The van der Waals surface area contributed by atoms with Gasteiger partial charge in [-0.25, -0.2) is 4.98 Å². The summed E-state index contributed by atoms with van der Waals surface area (Å²) >= 11 is 0. The van der Waals surface area contributed by atoms with Crippen molar-refractivity contribution in [2.45, 2.75) is 19.4 Å². The summed E-state index contributed by atoms with van der Waals surface area (Å²) in [5.74, 6) is -0.596. The largest absolute Gasteiger partial charge is 0.497 e. The Kier molecular flexibility index (Phi) is 5.52. The van der Waals surface area contributed by atoms with Gasteiger partial charge < -0.3 is 14.9 Å². The molecule has 0 bridgehead atoms. The number of methoxy groups -OCH3 is 1. The molecule has 0 saturated heterocycles. The Bertz CT molecular complexity index is 1020. The number of rotatable bonds is 7. The second-order valence-corrected chi connectivity index (χ2v) is 6.12. The lowest BCUT2D eigenvalue weighted by atomic mass is 10.1. The molecule has 0 fully saturated rings. The number of aryl methyl sites for hydroxylation is 1. The van der Waals surface area contributed by atoms with E-state index in [1.165, 1.54) is 11.7 Å². The number of nitrogens with zero attached hydrogens (tertiary/aromatic N) is 2. The van der Waals surface area contributed by atoms with E-state index in [1.807, 2.05) is 12.1 Å². The minimum absolute atomic E-state index is 0.122. The van der Waals surface area contributed by atoms with Crippen LogP contribution in [0.25, 0.3) is 22.3 Å². The molecule has 140 valence electrons. The smallest absolute Gasteiger partial charge is 0.323 e. The van der Waals surface area contributed by atoms with E-state index in [-0.39, 0.29) is 12.3 Å². The molecule has 0 saturated carbocycles. The molecule has 0 aliphatic rings. The standard InChI is InChI=1S/C20H20N2O5/c1-27-15-8-9-16-17(11-15)22(12-18(24)25)20(26)19(21-16)14-6-4-13(5-7-14)3-2-10-23/h4-9,11,23H,2-3,10,12H2,1H3,(H,24,25). The van der Waals surface area contributed by atoms with Crippen molar-refractivity contribution < 1.29 is 19.7 Å². The van der Waals surface area contributed by atoms with E-state index in [0.29, 0.717) is 28.8 Å². The Hall–Kier alpha value is -3.19. The molecule has 0 amide bonds. The molecule has 2 N–H and O–H groups in total. The maximum Gasteiger partial charge on any atom is 0.323 e. The van der Waals surface area contributed by atoms with Crippen LogP contribution in [-0.4, -0.2) is 39.5 Å². The zero-order valence-corrected chi connectivity index (χ0v) is 14.9. The molecule has 3 rings (SSSR count). The summed E-state index contributed by atoms with van der Waals surface area (Å²) in [5, 5.41) is 18.2. The lowest BCUT2D eigenvalue weighted by Gasteiger charge is -2.12. The molecular formula is C20H20N2O5. The van der Waals surface area contributed by atoms with Crippen molar-refractivity contribution in [3.8, 4) is 17.0 Å². The predicted molar refractivity (Wildman–Crippen MR) is 101 cm³/mol. The lowest BCUT2D eigenvalue weighted by Crippen LogP contribution is -2.27. The van der Waals surface area contributed by atoms with E-state index < -0.39 is 18.1 Å². The van der Waals surface area contributed by atoms with Crippen molar-refractivity contribution in [3.05, 3.63) is 58.4 Å². The second-order valence-electron chi connectivity index (χ2n) is 6.12. The maximum absolute atomic E-state index is 12.9. The number of aliphatic carboxylic acids is 1. The van der Waals surface area contributed by atoms with Crippen LogP contribution >= 0.6 is 0 Å². The molecule has 0 spiro atoms. The van der Waals surface area contributed by atoms with Crippen molar-refractivity contribution in [2.75, 3.05) is 13.7 Å². The molecular weight excluding hydrogens is 348 g/mol. The molecule has 3 aromatic rings. The second kappa shape index (κ2) is 8.01. The van der Waals surface area contributed by atoms with E-state index >= 15 is 0 Å². The fourth-order valence-corrected chi connectivity index (χ4v) is 2.94. The van der Waals surface area contributed by atoms with Crippen molar-refractivity contribution in [1.29, 1.82) is 0 Å². The van der Waals surface area contributed by atoms with Crippen LogP contribution < -0.4 is 10.3 Å². The Morgan fingerprint density at radius 3 is 2.56 bits per heavy atom. The third-order valence-electron chi connectivity index (χ3n) is 4.30. The van der Waals surface area contributed by atoms with Gasteiger partial charge in [-0.1, -0.05) is 24.3 Å². The number of carboxylic acids is 1. The van der Waals surface area contributed by atoms with Gasteiger partial charge in [0.15, 0.2) is 0 Å². The predicted octanol–water partition coefficient (Wildman–Crippen LogP) is 2.08. The first-order chi connectivity index (χ1) is 13.0. The third-order valence-corrected chi connectivity index (χ3v) is 4.30. The molecule has 0 aliphatic carbocycles. The Labute approximate surface area is 155 Å². The number of carbonyl (C=O) groups is 1. The quantitative estimate of drug-likeness (QED) is 0.662. The summed E-state index contributed by atoms with van der Waals surface area (Å²) in [7, 11) is 1.50. The first kappa shape index (κ1) is 18.6. The van der Waals surface area contributed by atoms with Crippen LogP contribution in [0.2, 0.25) is 0 Å². The summed E-state index contributed by atoms with van der Waals surface area (Å²) in [6.07, 6.45) is 1.41. The first-order valence-corrected chi connectivity index (χ1v) is 8.54. The van der Waals surface area contributed by atoms with Gasteiger partial charge in [0.2, 0.25) is 0 Å². The van der Waals surface area contributed by atoms with E-state index in [1.54, 1.807) is 30.3 Å². The maximum atomic E-state index is 12.9. The number of fused-ring (bicyclic) bond motifs is 1. The molecule has 0 aliphatic heterocycles. The fourth-order valence-electron chi connectivity index (χ4n) is 2.94. The van der Waals surface area contributed by atoms with Crippen LogP contribution in [0.1, 0.15) is 12.0 Å². The highest BCUT2D eigenvalue weighted by atomic mass is 16.5. The number of aromatic nitrogens is 2.